The second-order valence-corrected chi connectivity index (χ2v) is 5.93. The highest BCUT2D eigenvalue weighted by Gasteiger charge is 2.09. The third-order valence-corrected chi connectivity index (χ3v) is 3.96. The second-order valence-electron chi connectivity index (χ2n) is 5.01. The van der Waals surface area contributed by atoms with Crippen LogP contribution in [0, 0.1) is 0 Å². The molecule has 21 heavy (non-hydrogen) atoms. The number of benzene rings is 1. The van der Waals surface area contributed by atoms with E-state index in [-0.39, 0.29) is 6.03 Å². The van der Waals surface area contributed by atoms with Gasteiger partial charge in [0.05, 0.1) is 13.2 Å². The predicted molar refractivity (Wildman–Crippen MR) is 86.5 cm³/mol. The summed E-state index contributed by atoms with van der Waals surface area (Å²) in [6.45, 7) is 5.68. The number of urea groups is 1. The molecule has 0 aliphatic carbocycles. The predicted octanol–water partition coefficient (Wildman–Crippen LogP) is 1.62. The summed E-state index contributed by atoms with van der Waals surface area (Å²) >= 11 is 3.41. The summed E-state index contributed by atoms with van der Waals surface area (Å²) in [6, 6.07) is 8.04. The quantitative estimate of drug-likeness (QED) is 0.815. The zero-order valence-electron chi connectivity index (χ0n) is 12.1. The Balaban J connectivity index is 1.54. The highest BCUT2D eigenvalue weighted by atomic mass is 79.9. The van der Waals surface area contributed by atoms with E-state index in [1.165, 1.54) is 5.56 Å². The van der Waals surface area contributed by atoms with E-state index in [9.17, 15) is 4.79 Å². The van der Waals surface area contributed by atoms with Crippen molar-refractivity contribution >= 4 is 22.0 Å². The Morgan fingerprint density at radius 2 is 1.81 bits per heavy atom. The number of carbonyl (C=O) groups excluding carboxylic acids is 1. The van der Waals surface area contributed by atoms with Crippen LogP contribution in [0.2, 0.25) is 0 Å². The van der Waals surface area contributed by atoms with E-state index in [0.717, 1.165) is 43.7 Å². The van der Waals surface area contributed by atoms with Crippen LogP contribution in [-0.2, 0) is 11.2 Å². The fraction of sp³-hybridized carbons (Fsp3) is 0.533. The maximum atomic E-state index is 11.7. The summed E-state index contributed by atoms with van der Waals surface area (Å²) in [4.78, 5) is 14.0. The minimum absolute atomic E-state index is 0.0969. The highest BCUT2D eigenvalue weighted by molar-refractivity contribution is 9.10. The number of hydrogen-bond donors (Lipinski definition) is 2. The van der Waals surface area contributed by atoms with Crippen molar-refractivity contribution in [1.82, 2.24) is 15.5 Å². The van der Waals surface area contributed by atoms with Gasteiger partial charge >= 0.3 is 6.03 Å². The van der Waals surface area contributed by atoms with Gasteiger partial charge in [0.2, 0.25) is 0 Å². The van der Waals surface area contributed by atoms with Crippen LogP contribution in [0.5, 0.6) is 0 Å². The molecule has 116 valence electrons. The Kier molecular flexibility index (Phi) is 6.99. The molecule has 1 aromatic carbocycles. The molecule has 0 saturated carbocycles. The van der Waals surface area contributed by atoms with E-state index in [1.54, 1.807) is 0 Å². The van der Waals surface area contributed by atoms with Gasteiger partial charge in [0.15, 0.2) is 0 Å². The maximum Gasteiger partial charge on any atom is 0.314 e. The lowest BCUT2D eigenvalue weighted by Gasteiger charge is -2.26. The normalized spacial score (nSPS) is 15.7. The third-order valence-electron chi connectivity index (χ3n) is 3.43. The fourth-order valence-electron chi connectivity index (χ4n) is 2.19. The van der Waals surface area contributed by atoms with E-state index < -0.39 is 0 Å². The van der Waals surface area contributed by atoms with Crippen molar-refractivity contribution in [2.24, 2.45) is 0 Å². The molecular weight excluding hydrogens is 334 g/mol. The van der Waals surface area contributed by atoms with Gasteiger partial charge in [-0.25, -0.2) is 4.79 Å². The standard InChI is InChI=1S/C15H22BrN3O2/c16-14-3-1-13(2-4-14)5-6-17-15(20)18-7-8-19-9-11-21-12-10-19/h1-4H,5-12H2,(H2,17,18,20). The van der Waals surface area contributed by atoms with Gasteiger partial charge in [-0.15, -0.1) is 0 Å². The molecule has 2 amide bonds. The first-order chi connectivity index (χ1) is 10.2. The second kappa shape index (κ2) is 9.02. The molecule has 0 spiro atoms. The zero-order chi connectivity index (χ0) is 14.9. The Morgan fingerprint density at radius 3 is 2.52 bits per heavy atom. The number of rotatable bonds is 6. The van der Waals surface area contributed by atoms with Crippen LogP contribution in [0.1, 0.15) is 5.56 Å². The van der Waals surface area contributed by atoms with E-state index in [0.29, 0.717) is 13.1 Å². The number of morpholine rings is 1. The molecule has 6 heteroatoms. The number of amides is 2. The first kappa shape index (κ1) is 16.3. The lowest BCUT2D eigenvalue weighted by atomic mass is 10.1. The van der Waals surface area contributed by atoms with Crippen LogP contribution < -0.4 is 10.6 Å². The molecule has 0 atom stereocenters. The lowest BCUT2D eigenvalue weighted by Crippen LogP contribution is -2.44. The Bertz CT molecular complexity index is 433. The Morgan fingerprint density at radius 1 is 1.14 bits per heavy atom. The van der Waals surface area contributed by atoms with Gasteiger partial charge in [0.1, 0.15) is 0 Å². The van der Waals surface area contributed by atoms with Crippen molar-refractivity contribution in [3.8, 4) is 0 Å². The molecule has 5 nitrogen and oxygen atoms in total. The van der Waals surface area contributed by atoms with Crippen LogP contribution in [0.25, 0.3) is 0 Å². The van der Waals surface area contributed by atoms with Crippen molar-refractivity contribution in [3.05, 3.63) is 34.3 Å². The van der Waals surface area contributed by atoms with E-state index in [4.69, 9.17) is 4.74 Å². The van der Waals surface area contributed by atoms with E-state index in [2.05, 4.69) is 43.6 Å². The van der Waals surface area contributed by atoms with E-state index >= 15 is 0 Å². The van der Waals surface area contributed by atoms with Gasteiger partial charge < -0.3 is 15.4 Å². The van der Waals surface area contributed by atoms with Gasteiger partial charge in [0, 0.05) is 37.2 Å². The minimum atomic E-state index is -0.0969. The molecule has 0 radical (unpaired) electrons. The van der Waals surface area contributed by atoms with Gasteiger partial charge in [-0.2, -0.15) is 0 Å². The van der Waals surface area contributed by atoms with Crippen molar-refractivity contribution in [1.29, 1.82) is 0 Å². The van der Waals surface area contributed by atoms with Crippen LogP contribution in [0.4, 0.5) is 4.79 Å². The van der Waals surface area contributed by atoms with Gasteiger partial charge in [-0.1, -0.05) is 28.1 Å². The SMILES string of the molecule is O=C(NCCc1ccc(Br)cc1)NCCN1CCOCC1. The highest BCUT2D eigenvalue weighted by Crippen LogP contribution is 2.10. The van der Waals surface area contributed by atoms with Gasteiger partial charge in [-0.05, 0) is 24.1 Å². The Hall–Kier alpha value is -1.11. The molecule has 1 aliphatic heterocycles. The summed E-state index contributed by atoms with van der Waals surface area (Å²) in [6.07, 6.45) is 0.837. The number of carbonyl (C=O) groups is 1. The molecule has 0 unspecified atom stereocenters. The summed E-state index contributed by atoms with van der Waals surface area (Å²) in [5.41, 5.74) is 1.21. The Labute approximate surface area is 134 Å². The summed E-state index contributed by atoms with van der Waals surface area (Å²) in [5.74, 6) is 0. The van der Waals surface area contributed by atoms with Crippen molar-refractivity contribution in [2.45, 2.75) is 6.42 Å². The number of nitrogens with zero attached hydrogens (tertiary/aromatic N) is 1. The largest absolute Gasteiger partial charge is 0.379 e. The number of ether oxygens (including phenoxy) is 1. The van der Waals surface area contributed by atoms with Crippen LogP contribution in [-0.4, -0.2) is 56.9 Å². The molecule has 0 aromatic heterocycles. The average Bonchev–Trinajstić information content (AvgIpc) is 2.50. The topological polar surface area (TPSA) is 53.6 Å². The first-order valence-corrected chi connectivity index (χ1v) is 8.09. The molecule has 0 bridgehead atoms. The zero-order valence-corrected chi connectivity index (χ0v) is 13.7. The summed E-state index contributed by atoms with van der Waals surface area (Å²) < 4.78 is 6.35. The summed E-state index contributed by atoms with van der Waals surface area (Å²) in [7, 11) is 0. The number of hydrogen-bond acceptors (Lipinski definition) is 3. The molecule has 1 aliphatic rings. The number of halogens is 1. The molecule has 1 fully saturated rings. The van der Waals surface area contributed by atoms with Crippen LogP contribution in [0.3, 0.4) is 0 Å². The van der Waals surface area contributed by atoms with Crippen molar-refractivity contribution < 1.29 is 9.53 Å². The molecule has 1 saturated heterocycles. The maximum absolute atomic E-state index is 11.7. The number of nitrogens with one attached hydrogen (secondary N) is 2. The van der Waals surface area contributed by atoms with Crippen LogP contribution in [0.15, 0.2) is 28.7 Å². The van der Waals surface area contributed by atoms with Crippen molar-refractivity contribution in [2.75, 3.05) is 45.9 Å². The monoisotopic (exact) mass is 355 g/mol. The smallest absolute Gasteiger partial charge is 0.314 e. The molecular formula is C15H22BrN3O2. The first-order valence-electron chi connectivity index (χ1n) is 7.30. The molecule has 2 N–H and O–H groups in total. The lowest BCUT2D eigenvalue weighted by molar-refractivity contribution is 0.0387. The van der Waals surface area contributed by atoms with Crippen LogP contribution >= 0.6 is 15.9 Å². The third kappa shape index (κ3) is 6.46. The van der Waals surface area contributed by atoms with Gasteiger partial charge in [-0.3, -0.25) is 4.90 Å². The average molecular weight is 356 g/mol. The van der Waals surface area contributed by atoms with Gasteiger partial charge in [0.25, 0.3) is 0 Å². The molecule has 1 heterocycles. The fourth-order valence-corrected chi connectivity index (χ4v) is 2.45. The minimum Gasteiger partial charge on any atom is -0.379 e. The molecule has 1 aromatic rings. The van der Waals surface area contributed by atoms with E-state index in [1.807, 2.05) is 12.1 Å². The van der Waals surface area contributed by atoms with Crippen molar-refractivity contribution in [3.63, 3.8) is 0 Å². The molecule has 2 rings (SSSR count). The summed E-state index contributed by atoms with van der Waals surface area (Å²) in [5, 5.41) is 5.76.